The number of imidazole rings is 1. The SMILES string of the molecule is Cc1nc2c(F)cc(-c3nc(N4C=CC=C5CN(CCC(F)(F)F)CCC54)ncc3F)cc2n1C(C)C. The van der Waals surface area contributed by atoms with Gasteiger partial charge in [0.15, 0.2) is 11.6 Å². The van der Waals surface area contributed by atoms with Crippen LogP contribution in [0.1, 0.15) is 38.6 Å². The summed E-state index contributed by atoms with van der Waals surface area (Å²) >= 11 is 0. The molecule has 1 saturated heterocycles. The quantitative estimate of drug-likeness (QED) is 0.391. The molecule has 1 unspecified atom stereocenters. The molecule has 37 heavy (non-hydrogen) atoms. The van der Waals surface area contributed by atoms with Gasteiger partial charge in [0.1, 0.15) is 17.0 Å². The number of hydrogen-bond acceptors (Lipinski definition) is 5. The normalized spacial score (nSPS) is 18.6. The number of fused-ring (bicyclic) bond motifs is 2. The second kappa shape index (κ2) is 9.51. The molecular weight excluding hydrogens is 491 g/mol. The van der Waals surface area contributed by atoms with Crippen molar-refractivity contribution in [3.63, 3.8) is 0 Å². The number of piperidine rings is 1. The van der Waals surface area contributed by atoms with Gasteiger partial charge in [-0.25, -0.2) is 23.7 Å². The van der Waals surface area contributed by atoms with Gasteiger partial charge in [-0.1, -0.05) is 6.08 Å². The minimum absolute atomic E-state index is 0.0242. The van der Waals surface area contributed by atoms with Crippen LogP contribution in [0.4, 0.5) is 27.9 Å². The van der Waals surface area contributed by atoms with Crippen molar-refractivity contribution in [2.45, 2.75) is 51.9 Å². The van der Waals surface area contributed by atoms with Crippen molar-refractivity contribution in [1.29, 1.82) is 0 Å². The summed E-state index contributed by atoms with van der Waals surface area (Å²) in [7, 11) is 0. The van der Waals surface area contributed by atoms with Crippen molar-refractivity contribution >= 4 is 17.0 Å². The van der Waals surface area contributed by atoms with Crippen LogP contribution in [0.25, 0.3) is 22.3 Å². The van der Waals surface area contributed by atoms with Gasteiger partial charge >= 0.3 is 6.18 Å². The van der Waals surface area contributed by atoms with E-state index < -0.39 is 24.2 Å². The smallest absolute Gasteiger partial charge is 0.326 e. The Balaban J connectivity index is 1.45. The molecule has 3 aromatic rings. The van der Waals surface area contributed by atoms with Gasteiger partial charge in [-0.2, -0.15) is 13.2 Å². The number of rotatable bonds is 5. The molecule has 4 heterocycles. The first-order valence-corrected chi connectivity index (χ1v) is 12.2. The van der Waals surface area contributed by atoms with E-state index >= 15 is 4.39 Å². The highest BCUT2D eigenvalue weighted by molar-refractivity contribution is 5.83. The van der Waals surface area contributed by atoms with Gasteiger partial charge in [0, 0.05) is 37.4 Å². The number of likely N-dealkylation sites (tertiary alicyclic amines) is 1. The summed E-state index contributed by atoms with van der Waals surface area (Å²) < 4.78 is 69.9. The van der Waals surface area contributed by atoms with Gasteiger partial charge < -0.3 is 9.47 Å². The first-order valence-electron chi connectivity index (χ1n) is 12.2. The van der Waals surface area contributed by atoms with Crippen LogP contribution in [0, 0.1) is 18.6 Å². The van der Waals surface area contributed by atoms with Crippen molar-refractivity contribution < 1.29 is 22.0 Å². The average Bonchev–Trinajstić information content (AvgIpc) is 3.18. The van der Waals surface area contributed by atoms with E-state index in [-0.39, 0.29) is 41.4 Å². The Labute approximate surface area is 211 Å². The summed E-state index contributed by atoms with van der Waals surface area (Å²) in [6, 6.07) is 2.78. The maximum atomic E-state index is 15.0. The van der Waals surface area contributed by atoms with Crippen LogP contribution in [-0.4, -0.2) is 56.3 Å². The second-order valence-electron chi connectivity index (χ2n) is 9.75. The summed E-state index contributed by atoms with van der Waals surface area (Å²) in [5.41, 5.74) is 1.94. The predicted molar refractivity (Wildman–Crippen MR) is 131 cm³/mol. The third kappa shape index (κ3) is 4.96. The lowest BCUT2D eigenvalue weighted by molar-refractivity contribution is -0.138. The maximum Gasteiger partial charge on any atom is 0.390 e. The molecule has 0 bridgehead atoms. The lowest BCUT2D eigenvalue weighted by Gasteiger charge is -2.40. The number of nitrogens with zero attached hydrogens (tertiary/aromatic N) is 6. The average molecular weight is 519 g/mol. The molecule has 2 aliphatic heterocycles. The van der Waals surface area contributed by atoms with Crippen LogP contribution >= 0.6 is 0 Å². The molecule has 1 aromatic carbocycles. The first kappa shape index (κ1) is 25.3. The van der Waals surface area contributed by atoms with Gasteiger partial charge in [-0.05, 0) is 51.0 Å². The summed E-state index contributed by atoms with van der Waals surface area (Å²) in [6.45, 7) is 6.54. The van der Waals surface area contributed by atoms with Crippen LogP contribution in [0.15, 0.2) is 42.3 Å². The van der Waals surface area contributed by atoms with E-state index in [9.17, 15) is 17.6 Å². The molecule has 2 aromatic heterocycles. The molecule has 0 aliphatic carbocycles. The van der Waals surface area contributed by atoms with Crippen LogP contribution in [0.5, 0.6) is 0 Å². The highest BCUT2D eigenvalue weighted by Gasteiger charge is 2.33. The second-order valence-corrected chi connectivity index (χ2v) is 9.75. The van der Waals surface area contributed by atoms with E-state index in [4.69, 9.17) is 0 Å². The maximum absolute atomic E-state index is 15.0. The van der Waals surface area contributed by atoms with Crippen LogP contribution < -0.4 is 4.90 Å². The number of allylic oxidation sites excluding steroid dienone is 2. The Hall–Kier alpha value is -3.34. The minimum Gasteiger partial charge on any atom is -0.326 e. The summed E-state index contributed by atoms with van der Waals surface area (Å²) in [6.07, 6.45) is 2.02. The number of halogens is 5. The Morgan fingerprint density at radius 1 is 1.11 bits per heavy atom. The molecule has 0 radical (unpaired) electrons. The Kier molecular flexibility index (Phi) is 6.51. The van der Waals surface area contributed by atoms with E-state index in [1.165, 1.54) is 6.07 Å². The van der Waals surface area contributed by atoms with Gasteiger partial charge in [0.2, 0.25) is 5.95 Å². The molecule has 1 fully saturated rings. The molecule has 6 nitrogen and oxygen atoms in total. The van der Waals surface area contributed by atoms with E-state index in [0.717, 1.165) is 11.8 Å². The Morgan fingerprint density at radius 3 is 2.62 bits per heavy atom. The molecule has 0 N–H and O–H groups in total. The third-order valence-electron chi connectivity index (χ3n) is 6.83. The highest BCUT2D eigenvalue weighted by Crippen LogP contribution is 2.33. The zero-order chi connectivity index (χ0) is 26.5. The van der Waals surface area contributed by atoms with Crippen LogP contribution in [0.3, 0.4) is 0 Å². The molecule has 5 rings (SSSR count). The fourth-order valence-electron chi connectivity index (χ4n) is 5.20. The number of benzene rings is 1. The number of alkyl halides is 3. The molecule has 11 heteroatoms. The third-order valence-corrected chi connectivity index (χ3v) is 6.83. The van der Waals surface area contributed by atoms with Crippen molar-refractivity contribution in [3.05, 3.63) is 59.7 Å². The molecule has 0 spiro atoms. The Bertz CT molecular complexity index is 1390. The standard InChI is InChI=1S/C26H27F5N6/c1-15(2)37-16(3)33-24-19(27)11-18(12-22(24)37)23-20(28)13-32-25(34-23)36-8-4-5-17-14-35(9-6-21(17)36)10-7-26(29,30)31/h4-5,8,11-13,15,21H,6-7,9-10,14H2,1-3H3. The number of hydrogen-bond donors (Lipinski definition) is 0. The molecule has 0 saturated carbocycles. The van der Waals surface area contributed by atoms with E-state index in [1.54, 1.807) is 35.1 Å². The summed E-state index contributed by atoms with van der Waals surface area (Å²) in [4.78, 5) is 16.6. The number of aromatic nitrogens is 4. The van der Waals surface area contributed by atoms with Crippen molar-refractivity contribution in [3.8, 4) is 11.3 Å². The van der Waals surface area contributed by atoms with Gasteiger partial charge in [0.05, 0.1) is 24.2 Å². The molecule has 0 amide bonds. The lowest BCUT2D eigenvalue weighted by atomic mass is 9.95. The fraction of sp³-hybridized carbons (Fsp3) is 0.423. The van der Waals surface area contributed by atoms with Crippen molar-refractivity contribution in [2.24, 2.45) is 0 Å². The molecule has 196 valence electrons. The van der Waals surface area contributed by atoms with Crippen molar-refractivity contribution in [2.75, 3.05) is 24.5 Å². The molecular formula is C26H27F5N6. The lowest BCUT2D eigenvalue weighted by Crippen LogP contribution is -2.47. The number of anilines is 1. The zero-order valence-corrected chi connectivity index (χ0v) is 20.7. The predicted octanol–water partition coefficient (Wildman–Crippen LogP) is 5.95. The summed E-state index contributed by atoms with van der Waals surface area (Å²) in [5, 5.41) is 0. The summed E-state index contributed by atoms with van der Waals surface area (Å²) in [5.74, 6) is -0.359. The number of aryl methyl sites for hydroxylation is 1. The monoisotopic (exact) mass is 518 g/mol. The topological polar surface area (TPSA) is 50.1 Å². The minimum atomic E-state index is -4.20. The molecule has 2 aliphatic rings. The first-order chi connectivity index (χ1) is 17.5. The van der Waals surface area contributed by atoms with E-state index in [2.05, 4.69) is 15.0 Å². The van der Waals surface area contributed by atoms with Crippen LogP contribution in [-0.2, 0) is 0 Å². The highest BCUT2D eigenvalue weighted by atomic mass is 19.4. The van der Waals surface area contributed by atoms with Gasteiger partial charge in [-0.15, -0.1) is 0 Å². The largest absolute Gasteiger partial charge is 0.390 e. The fourth-order valence-corrected chi connectivity index (χ4v) is 5.20. The Morgan fingerprint density at radius 2 is 1.89 bits per heavy atom. The molecule has 1 atom stereocenters. The van der Waals surface area contributed by atoms with E-state index in [0.29, 0.717) is 30.9 Å². The van der Waals surface area contributed by atoms with Crippen molar-refractivity contribution in [1.82, 2.24) is 24.4 Å². The van der Waals surface area contributed by atoms with E-state index in [1.807, 2.05) is 24.5 Å². The van der Waals surface area contributed by atoms with Crippen LogP contribution in [0.2, 0.25) is 0 Å². The van der Waals surface area contributed by atoms with Gasteiger partial charge in [0.25, 0.3) is 0 Å². The van der Waals surface area contributed by atoms with Gasteiger partial charge in [-0.3, -0.25) is 4.90 Å². The zero-order valence-electron chi connectivity index (χ0n) is 20.7.